The Bertz CT molecular complexity index is 947. The van der Waals surface area contributed by atoms with Gasteiger partial charge in [-0.25, -0.2) is 9.78 Å². The Balaban J connectivity index is 1.52. The highest BCUT2D eigenvalue weighted by Gasteiger charge is 2.30. The number of H-pyrrole nitrogens is 1. The van der Waals surface area contributed by atoms with Crippen molar-refractivity contribution in [2.75, 3.05) is 11.9 Å². The van der Waals surface area contributed by atoms with Crippen molar-refractivity contribution in [1.29, 1.82) is 0 Å². The molecule has 1 aliphatic heterocycles. The highest BCUT2D eigenvalue weighted by molar-refractivity contribution is 5.90. The van der Waals surface area contributed by atoms with Crippen LogP contribution in [0.3, 0.4) is 0 Å². The zero-order valence-corrected chi connectivity index (χ0v) is 15.4. The lowest BCUT2D eigenvalue weighted by Crippen LogP contribution is -2.41. The molecule has 2 amide bonds. The molecule has 4 rings (SSSR count). The molecular formula is C19H22N6O2. The summed E-state index contributed by atoms with van der Waals surface area (Å²) >= 11 is 0. The van der Waals surface area contributed by atoms with Gasteiger partial charge in [0, 0.05) is 23.9 Å². The van der Waals surface area contributed by atoms with Gasteiger partial charge in [-0.15, -0.1) is 0 Å². The molecule has 0 saturated carbocycles. The number of aryl methyl sites for hydroxylation is 2. The van der Waals surface area contributed by atoms with Crippen LogP contribution >= 0.6 is 0 Å². The molecule has 1 aliphatic rings. The van der Waals surface area contributed by atoms with Gasteiger partial charge in [0.2, 0.25) is 0 Å². The third-order valence-electron chi connectivity index (χ3n) is 4.72. The summed E-state index contributed by atoms with van der Waals surface area (Å²) in [5.41, 5.74) is 2.37. The summed E-state index contributed by atoms with van der Waals surface area (Å²) in [5.74, 6) is 2.11. The lowest BCUT2D eigenvalue weighted by molar-refractivity contribution is 0.159. The maximum Gasteiger partial charge on any atom is 0.322 e. The molecule has 140 valence electrons. The molecule has 1 fully saturated rings. The summed E-state index contributed by atoms with van der Waals surface area (Å²) < 4.78 is 5.21. The normalized spacial score (nSPS) is 17.1. The van der Waals surface area contributed by atoms with Gasteiger partial charge >= 0.3 is 6.03 Å². The highest BCUT2D eigenvalue weighted by Crippen LogP contribution is 2.31. The van der Waals surface area contributed by atoms with Gasteiger partial charge in [0.15, 0.2) is 5.82 Å². The fourth-order valence-corrected chi connectivity index (χ4v) is 3.43. The van der Waals surface area contributed by atoms with Crippen LogP contribution in [0.2, 0.25) is 0 Å². The average Bonchev–Trinajstić information content (AvgIpc) is 3.30. The Hall–Kier alpha value is -3.16. The molecule has 8 heteroatoms. The maximum atomic E-state index is 12.9. The van der Waals surface area contributed by atoms with Gasteiger partial charge in [-0.1, -0.05) is 17.3 Å². The minimum Gasteiger partial charge on any atom is -0.361 e. The van der Waals surface area contributed by atoms with E-state index in [9.17, 15) is 4.79 Å². The Morgan fingerprint density at radius 1 is 1.30 bits per heavy atom. The topological polar surface area (TPSA) is 99.9 Å². The van der Waals surface area contributed by atoms with Gasteiger partial charge in [0.25, 0.3) is 0 Å². The number of carbonyl (C=O) groups excluding carboxylic acids is 1. The number of hydrogen-bond acceptors (Lipinski definition) is 5. The molecule has 1 saturated heterocycles. The van der Waals surface area contributed by atoms with Gasteiger partial charge in [-0.2, -0.15) is 5.10 Å². The summed E-state index contributed by atoms with van der Waals surface area (Å²) in [6.45, 7) is 4.41. The Morgan fingerprint density at radius 3 is 2.93 bits per heavy atom. The number of likely N-dealkylation sites (tertiary alicyclic amines) is 1. The van der Waals surface area contributed by atoms with Crippen LogP contribution in [0, 0.1) is 13.8 Å². The second-order valence-electron chi connectivity index (χ2n) is 6.82. The summed E-state index contributed by atoms with van der Waals surface area (Å²) in [6.07, 6.45) is 2.94. The van der Waals surface area contributed by atoms with E-state index in [-0.39, 0.29) is 12.1 Å². The molecule has 2 N–H and O–H groups in total. The first kappa shape index (κ1) is 17.3. The number of benzene rings is 1. The first-order valence-electron chi connectivity index (χ1n) is 9.10. The van der Waals surface area contributed by atoms with Crippen LogP contribution in [-0.4, -0.2) is 37.8 Å². The molecule has 0 radical (unpaired) electrons. The van der Waals surface area contributed by atoms with Crippen LogP contribution in [0.15, 0.2) is 34.9 Å². The monoisotopic (exact) mass is 366 g/mol. The first-order valence-corrected chi connectivity index (χ1v) is 9.10. The molecule has 1 aromatic carbocycles. The van der Waals surface area contributed by atoms with Crippen LogP contribution in [0.1, 0.15) is 42.6 Å². The maximum absolute atomic E-state index is 12.9. The van der Waals surface area contributed by atoms with Crippen LogP contribution in [0.25, 0.3) is 11.4 Å². The Labute approximate surface area is 157 Å². The van der Waals surface area contributed by atoms with Gasteiger partial charge in [0.05, 0.1) is 6.04 Å². The number of nitrogens with zero attached hydrogens (tertiary/aromatic N) is 4. The fraction of sp³-hybridized carbons (Fsp3) is 0.368. The quantitative estimate of drug-likeness (QED) is 0.734. The number of piperidine rings is 1. The predicted octanol–water partition coefficient (Wildman–Crippen LogP) is 3.84. The number of carbonyl (C=O) groups is 1. The second kappa shape index (κ2) is 7.22. The van der Waals surface area contributed by atoms with Crippen LogP contribution in [0.5, 0.6) is 0 Å². The average molecular weight is 366 g/mol. The summed E-state index contributed by atoms with van der Waals surface area (Å²) in [4.78, 5) is 19.1. The van der Waals surface area contributed by atoms with E-state index in [1.165, 1.54) is 0 Å². The third kappa shape index (κ3) is 3.69. The Morgan fingerprint density at radius 2 is 2.19 bits per heavy atom. The number of hydrogen-bond donors (Lipinski definition) is 2. The SMILES string of the molecule is Cc1nc(-c2cccc(NC(=O)N3CCCCC3c3cc(C)on3)c2)n[nH]1. The highest BCUT2D eigenvalue weighted by atomic mass is 16.5. The van der Waals surface area contributed by atoms with Crippen molar-refractivity contribution < 1.29 is 9.32 Å². The lowest BCUT2D eigenvalue weighted by Gasteiger charge is -2.34. The van der Waals surface area contributed by atoms with Crippen molar-refractivity contribution in [3.05, 3.63) is 47.6 Å². The van der Waals surface area contributed by atoms with E-state index in [2.05, 4.69) is 25.7 Å². The van der Waals surface area contributed by atoms with Crippen molar-refractivity contribution in [3.63, 3.8) is 0 Å². The number of nitrogens with one attached hydrogen (secondary N) is 2. The van der Waals surface area contributed by atoms with Gasteiger partial charge in [-0.3, -0.25) is 5.10 Å². The minimum absolute atomic E-state index is 0.0601. The number of aromatic nitrogens is 4. The summed E-state index contributed by atoms with van der Waals surface area (Å²) in [6, 6.07) is 9.24. The van der Waals surface area contributed by atoms with Crippen molar-refractivity contribution in [2.24, 2.45) is 0 Å². The third-order valence-corrected chi connectivity index (χ3v) is 4.72. The molecule has 27 heavy (non-hydrogen) atoms. The first-order chi connectivity index (χ1) is 13.1. The molecule has 3 aromatic rings. The number of aromatic amines is 1. The van der Waals surface area contributed by atoms with Crippen molar-refractivity contribution in [3.8, 4) is 11.4 Å². The molecule has 0 aliphatic carbocycles. The summed E-state index contributed by atoms with van der Waals surface area (Å²) in [5, 5.41) is 14.1. The van der Waals surface area contributed by atoms with E-state index in [1.54, 1.807) is 0 Å². The number of anilines is 1. The van der Waals surface area contributed by atoms with E-state index in [4.69, 9.17) is 4.52 Å². The molecule has 2 aromatic heterocycles. The van der Waals surface area contributed by atoms with E-state index in [0.717, 1.165) is 42.1 Å². The van der Waals surface area contributed by atoms with E-state index in [0.29, 0.717) is 18.1 Å². The molecule has 1 unspecified atom stereocenters. The molecular weight excluding hydrogens is 344 g/mol. The molecule has 3 heterocycles. The van der Waals surface area contributed by atoms with Crippen LogP contribution < -0.4 is 5.32 Å². The molecule has 0 bridgehead atoms. The Kier molecular flexibility index (Phi) is 4.62. The van der Waals surface area contributed by atoms with Crippen molar-refractivity contribution in [2.45, 2.75) is 39.2 Å². The van der Waals surface area contributed by atoms with E-state index in [1.807, 2.05) is 49.1 Å². The van der Waals surface area contributed by atoms with Crippen molar-refractivity contribution in [1.82, 2.24) is 25.2 Å². The lowest BCUT2D eigenvalue weighted by atomic mass is 9.99. The zero-order chi connectivity index (χ0) is 18.8. The standard InChI is InChI=1S/C19H22N6O2/c1-12-10-16(24-27-12)17-8-3-4-9-25(17)19(26)21-15-7-5-6-14(11-15)18-20-13(2)22-23-18/h5-7,10-11,17H,3-4,8-9H2,1-2H3,(H,21,26)(H,20,22,23). The predicted molar refractivity (Wildman–Crippen MR) is 100 cm³/mol. The van der Waals surface area contributed by atoms with Gasteiger partial charge in [0.1, 0.15) is 17.3 Å². The number of rotatable bonds is 3. The fourth-order valence-electron chi connectivity index (χ4n) is 3.43. The smallest absolute Gasteiger partial charge is 0.322 e. The van der Waals surface area contributed by atoms with Crippen LogP contribution in [0.4, 0.5) is 10.5 Å². The van der Waals surface area contributed by atoms with Gasteiger partial charge in [-0.05, 0) is 45.2 Å². The number of amides is 2. The molecule has 0 spiro atoms. The van der Waals surface area contributed by atoms with Crippen LogP contribution in [-0.2, 0) is 0 Å². The largest absolute Gasteiger partial charge is 0.361 e. The van der Waals surface area contributed by atoms with E-state index < -0.39 is 0 Å². The van der Waals surface area contributed by atoms with Gasteiger partial charge < -0.3 is 14.7 Å². The second-order valence-corrected chi connectivity index (χ2v) is 6.82. The summed E-state index contributed by atoms with van der Waals surface area (Å²) in [7, 11) is 0. The minimum atomic E-state index is -0.135. The molecule has 1 atom stereocenters. The van der Waals surface area contributed by atoms with E-state index >= 15 is 0 Å². The molecule has 8 nitrogen and oxygen atoms in total. The van der Waals surface area contributed by atoms with Crippen molar-refractivity contribution >= 4 is 11.7 Å². The number of urea groups is 1. The zero-order valence-electron chi connectivity index (χ0n) is 15.4.